The highest BCUT2D eigenvalue weighted by molar-refractivity contribution is 9.10. The molecule has 0 saturated heterocycles. The molecule has 3 rings (SSSR count). The van der Waals surface area contributed by atoms with Crippen molar-refractivity contribution in [3.63, 3.8) is 0 Å². The molecule has 25 heavy (non-hydrogen) atoms. The third-order valence-electron chi connectivity index (χ3n) is 3.77. The van der Waals surface area contributed by atoms with Crippen molar-refractivity contribution in [2.75, 3.05) is 11.9 Å². The molecule has 1 atom stereocenters. The van der Waals surface area contributed by atoms with Gasteiger partial charge >= 0.3 is 0 Å². The molecule has 1 aromatic heterocycles. The SMILES string of the molecule is CCC(Br)C(=O)Nc1nnc(CCN2C(=O)c3ccccc3C2=O)s1. The van der Waals surface area contributed by atoms with E-state index in [1.807, 2.05) is 6.92 Å². The van der Waals surface area contributed by atoms with Gasteiger partial charge in [-0.2, -0.15) is 0 Å². The van der Waals surface area contributed by atoms with Gasteiger partial charge in [0, 0.05) is 13.0 Å². The van der Waals surface area contributed by atoms with Crippen molar-refractivity contribution in [1.82, 2.24) is 15.1 Å². The summed E-state index contributed by atoms with van der Waals surface area (Å²) in [7, 11) is 0. The molecule has 2 heterocycles. The maximum Gasteiger partial charge on any atom is 0.261 e. The first kappa shape index (κ1) is 17.7. The Hall–Kier alpha value is -2.13. The van der Waals surface area contributed by atoms with Crippen LogP contribution in [0.25, 0.3) is 0 Å². The van der Waals surface area contributed by atoms with Crippen molar-refractivity contribution in [3.8, 4) is 0 Å². The summed E-state index contributed by atoms with van der Waals surface area (Å²) in [4.78, 5) is 37.3. The average molecular weight is 423 g/mol. The number of alkyl halides is 1. The summed E-state index contributed by atoms with van der Waals surface area (Å²) in [6, 6.07) is 6.78. The van der Waals surface area contributed by atoms with Crippen LogP contribution in [0.5, 0.6) is 0 Å². The van der Waals surface area contributed by atoms with Crippen LogP contribution in [-0.4, -0.2) is 44.2 Å². The molecule has 0 aliphatic carbocycles. The van der Waals surface area contributed by atoms with E-state index in [2.05, 4.69) is 31.4 Å². The van der Waals surface area contributed by atoms with Crippen LogP contribution in [0.3, 0.4) is 0 Å². The van der Waals surface area contributed by atoms with E-state index < -0.39 is 0 Å². The number of hydrogen-bond donors (Lipinski definition) is 1. The third-order valence-corrected chi connectivity index (χ3v) is 5.73. The van der Waals surface area contributed by atoms with Gasteiger partial charge in [-0.15, -0.1) is 10.2 Å². The Bertz CT molecular complexity index is 803. The zero-order valence-electron chi connectivity index (χ0n) is 13.4. The number of anilines is 1. The van der Waals surface area contributed by atoms with E-state index >= 15 is 0 Å². The van der Waals surface area contributed by atoms with Crippen molar-refractivity contribution in [2.24, 2.45) is 0 Å². The van der Waals surface area contributed by atoms with E-state index in [9.17, 15) is 14.4 Å². The topological polar surface area (TPSA) is 92.3 Å². The van der Waals surface area contributed by atoms with Gasteiger partial charge in [-0.25, -0.2) is 0 Å². The fraction of sp³-hybridized carbons (Fsp3) is 0.312. The lowest BCUT2D eigenvalue weighted by atomic mass is 10.1. The van der Waals surface area contributed by atoms with Crippen LogP contribution in [0.2, 0.25) is 0 Å². The summed E-state index contributed by atoms with van der Waals surface area (Å²) in [5.41, 5.74) is 0.862. The lowest BCUT2D eigenvalue weighted by Crippen LogP contribution is -2.31. The molecule has 130 valence electrons. The van der Waals surface area contributed by atoms with Gasteiger partial charge in [0.2, 0.25) is 11.0 Å². The molecule has 1 unspecified atom stereocenters. The van der Waals surface area contributed by atoms with Gasteiger partial charge in [-0.05, 0) is 18.6 Å². The first-order valence-corrected chi connectivity index (χ1v) is 9.47. The number of hydrogen-bond acceptors (Lipinski definition) is 6. The van der Waals surface area contributed by atoms with Crippen LogP contribution in [0.1, 0.15) is 39.1 Å². The van der Waals surface area contributed by atoms with Crippen LogP contribution in [0, 0.1) is 0 Å². The molecule has 3 amide bonds. The zero-order valence-corrected chi connectivity index (χ0v) is 15.8. The fourth-order valence-electron chi connectivity index (χ4n) is 2.42. The molecule has 1 aromatic carbocycles. The number of rotatable bonds is 6. The smallest absolute Gasteiger partial charge is 0.261 e. The minimum Gasteiger partial charge on any atom is -0.300 e. The molecule has 1 N–H and O–H groups in total. The van der Waals surface area contributed by atoms with Crippen LogP contribution in [-0.2, 0) is 11.2 Å². The van der Waals surface area contributed by atoms with Crippen LogP contribution in [0.4, 0.5) is 5.13 Å². The maximum atomic E-state index is 12.3. The molecule has 7 nitrogen and oxygen atoms in total. The number of nitrogens with one attached hydrogen (secondary N) is 1. The Morgan fingerprint density at radius 3 is 2.48 bits per heavy atom. The standard InChI is InChI=1S/C16H15BrN4O3S/c1-2-11(17)13(22)18-16-20-19-12(25-16)7-8-21-14(23)9-5-3-4-6-10(9)15(21)24/h3-6,11H,2,7-8H2,1H3,(H,18,20,22). The molecule has 0 saturated carbocycles. The van der Waals surface area contributed by atoms with E-state index in [-0.39, 0.29) is 29.1 Å². The number of fused-ring (bicyclic) bond motifs is 1. The fourth-order valence-corrected chi connectivity index (χ4v) is 3.27. The molecule has 2 aromatic rings. The molecular formula is C16H15BrN4O3S. The number of imide groups is 1. The van der Waals surface area contributed by atoms with E-state index in [4.69, 9.17) is 0 Å². The summed E-state index contributed by atoms with van der Waals surface area (Å²) >= 11 is 4.51. The predicted octanol–water partition coefficient (Wildman–Crippen LogP) is 2.49. The highest BCUT2D eigenvalue weighted by Gasteiger charge is 2.34. The largest absolute Gasteiger partial charge is 0.300 e. The first-order chi connectivity index (χ1) is 12.0. The lowest BCUT2D eigenvalue weighted by Gasteiger charge is -2.12. The number of nitrogens with zero attached hydrogens (tertiary/aromatic N) is 3. The van der Waals surface area contributed by atoms with Gasteiger partial charge in [0.25, 0.3) is 11.8 Å². The Morgan fingerprint density at radius 1 is 1.24 bits per heavy atom. The summed E-state index contributed by atoms with van der Waals surface area (Å²) < 4.78 is 0. The molecule has 1 aliphatic heterocycles. The van der Waals surface area contributed by atoms with Gasteiger partial charge < -0.3 is 0 Å². The quantitative estimate of drug-likeness (QED) is 0.570. The second-order valence-corrected chi connectivity index (χ2v) is 7.59. The Labute approximate surface area is 156 Å². The number of aromatic nitrogens is 2. The second kappa shape index (κ2) is 7.40. The molecule has 0 fully saturated rings. The number of halogens is 1. The molecule has 0 bridgehead atoms. The minimum absolute atomic E-state index is 0.175. The number of carbonyl (C=O) groups is 3. The van der Waals surface area contributed by atoms with Crippen molar-refractivity contribution in [2.45, 2.75) is 24.6 Å². The summed E-state index contributed by atoms with van der Waals surface area (Å²) in [5.74, 6) is -0.752. The first-order valence-electron chi connectivity index (χ1n) is 7.73. The number of amides is 3. The van der Waals surface area contributed by atoms with Gasteiger partial charge in [-0.1, -0.05) is 46.3 Å². The monoisotopic (exact) mass is 422 g/mol. The van der Waals surface area contributed by atoms with Crippen molar-refractivity contribution in [3.05, 3.63) is 40.4 Å². The highest BCUT2D eigenvalue weighted by atomic mass is 79.9. The summed E-state index contributed by atoms with van der Waals surface area (Å²) in [5, 5.41) is 11.7. The summed E-state index contributed by atoms with van der Waals surface area (Å²) in [6.45, 7) is 2.12. The van der Waals surface area contributed by atoms with Gasteiger partial charge in [0.05, 0.1) is 16.0 Å². The highest BCUT2D eigenvalue weighted by Crippen LogP contribution is 2.23. The molecular weight excluding hydrogens is 408 g/mol. The van der Waals surface area contributed by atoms with E-state index in [0.717, 1.165) is 0 Å². The van der Waals surface area contributed by atoms with Crippen LogP contribution in [0.15, 0.2) is 24.3 Å². The van der Waals surface area contributed by atoms with Crippen molar-refractivity contribution < 1.29 is 14.4 Å². The third kappa shape index (κ3) is 3.62. The van der Waals surface area contributed by atoms with Crippen molar-refractivity contribution >= 4 is 50.1 Å². The van der Waals surface area contributed by atoms with Gasteiger partial charge in [0.1, 0.15) is 5.01 Å². The lowest BCUT2D eigenvalue weighted by molar-refractivity contribution is -0.115. The van der Waals surface area contributed by atoms with Gasteiger partial charge in [0.15, 0.2) is 0 Å². The van der Waals surface area contributed by atoms with E-state index in [0.29, 0.717) is 34.1 Å². The molecule has 0 spiro atoms. The predicted molar refractivity (Wildman–Crippen MR) is 97.1 cm³/mol. The van der Waals surface area contributed by atoms with Crippen molar-refractivity contribution in [1.29, 1.82) is 0 Å². The Balaban J connectivity index is 1.61. The number of benzene rings is 1. The normalized spacial score (nSPS) is 14.6. The van der Waals surface area contributed by atoms with Crippen LogP contribution >= 0.6 is 27.3 Å². The van der Waals surface area contributed by atoms with Gasteiger partial charge in [-0.3, -0.25) is 24.6 Å². The van der Waals surface area contributed by atoms with E-state index in [1.165, 1.54) is 16.2 Å². The minimum atomic E-state index is -0.288. The average Bonchev–Trinajstić information content (AvgIpc) is 3.16. The maximum absolute atomic E-state index is 12.3. The molecule has 1 aliphatic rings. The van der Waals surface area contributed by atoms with E-state index in [1.54, 1.807) is 24.3 Å². The van der Waals surface area contributed by atoms with Crippen LogP contribution < -0.4 is 5.32 Å². The zero-order chi connectivity index (χ0) is 18.0. The number of carbonyl (C=O) groups excluding carboxylic acids is 3. The second-order valence-electron chi connectivity index (χ2n) is 5.42. The molecule has 9 heteroatoms. The molecule has 0 radical (unpaired) electrons. The Morgan fingerprint density at radius 2 is 1.88 bits per heavy atom. The summed E-state index contributed by atoms with van der Waals surface area (Å²) in [6.07, 6.45) is 1.06. The Kier molecular flexibility index (Phi) is 5.24.